The van der Waals surface area contributed by atoms with Gasteiger partial charge in [0.15, 0.2) is 0 Å². The Balaban J connectivity index is 0.000000605. The third-order valence-electron chi connectivity index (χ3n) is 1.55. The zero-order valence-corrected chi connectivity index (χ0v) is 10.3. The van der Waals surface area contributed by atoms with E-state index in [2.05, 4.69) is 6.08 Å². The van der Waals surface area contributed by atoms with Crippen LogP contribution in [0.15, 0.2) is 30.3 Å². The Bertz CT molecular complexity index is 273. The van der Waals surface area contributed by atoms with Crippen LogP contribution in [-0.4, -0.2) is 6.61 Å². The van der Waals surface area contributed by atoms with Crippen LogP contribution in [0.1, 0.15) is 5.56 Å². The van der Waals surface area contributed by atoms with Gasteiger partial charge in [-0.1, -0.05) is 24.3 Å². The SMILES string of the molecule is C1=Cc2ccccc2OC1.[Nb].[Ti]. The molecule has 1 aliphatic heterocycles. The van der Waals surface area contributed by atoms with E-state index in [0.29, 0.717) is 6.61 Å². The van der Waals surface area contributed by atoms with Gasteiger partial charge in [-0.05, 0) is 12.1 Å². The number of rotatable bonds is 0. The summed E-state index contributed by atoms with van der Waals surface area (Å²) in [5, 5.41) is 0. The van der Waals surface area contributed by atoms with Gasteiger partial charge in [-0.25, -0.2) is 0 Å². The Morgan fingerprint density at radius 3 is 2.67 bits per heavy atom. The van der Waals surface area contributed by atoms with Crippen molar-refractivity contribution in [2.24, 2.45) is 0 Å². The third-order valence-corrected chi connectivity index (χ3v) is 1.55. The van der Waals surface area contributed by atoms with Gasteiger partial charge in [0.1, 0.15) is 12.4 Å². The molecule has 1 aromatic carbocycles. The van der Waals surface area contributed by atoms with Crippen LogP contribution in [0.2, 0.25) is 0 Å². The van der Waals surface area contributed by atoms with E-state index in [4.69, 9.17) is 4.74 Å². The fourth-order valence-corrected chi connectivity index (χ4v) is 1.06. The molecule has 0 amide bonds. The van der Waals surface area contributed by atoms with E-state index in [9.17, 15) is 0 Å². The normalized spacial score (nSPS) is 11.7. The van der Waals surface area contributed by atoms with E-state index in [0.717, 1.165) is 5.75 Å². The Hall–Kier alpha value is 0.215. The minimum Gasteiger partial charge on any atom is -0.489 e. The monoisotopic (exact) mass is 273 g/mol. The fourth-order valence-electron chi connectivity index (χ4n) is 1.06. The van der Waals surface area contributed by atoms with Crippen LogP contribution < -0.4 is 4.74 Å². The largest absolute Gasteiger partial charge is 0.489 e. The second-order valence-electron chi connectivity index (χ2n) is 2.25. The van der Waals surface area contributed by atoms with E-state index < -0.39 is 0 Å². The van der Waals surface area contributed by atoms with Crippen molar-refractivity contribution >= 4 is 6.08 Å². The molecule has 0 spiro atoms. The average molecular weight is 273 g/mol. The van der Waals surface area contributed by atoms with Crippen molar-refractivity contribution in [2.45, 2.75) is 0 Å². The summed E-state index contributed by atoms with van der Waals surface area (Å²) >= 11 is 0. The molecule has 0 aliphatic carbocycles. The zero-order chi connectivity index (χ0) is 6.81. The molecule has 0 aromatic heterocycles. The topological polar surface area (TPSA) is 9.23 Å². The molecule has 0 fully saturated rings. The number of hydrogen-bond acceptors (Lipinski definition) is 1. The second kappa shape index (κ2) is 5.79. The molecular weight excluding hydrogens is 265 g/mol. The van der Waals surface area contributed by atoms with Gasteiger partial charge in [0, 0.05) is 49.7 Å². The molecule has 0 N–H and O–H groups in total. The van der Waals surface area contributed by atoms with Gasteiger partial charge in [0.2, 0.25) is 0 Å². The Morgan fingerprint density at radius 1 is 1.17 bits per heavy atom. The van der Waals surface area contributed by atoms with E-state index in [1.54, 1.807) is 0 Å². The van der Waals surface area contributed by atoms with Gasteiger partial charge in [-0.2, -0.15) is 0 Å². The number of fused-ring (bicyclic) bond motifs is 1. The molecule has 1 heterocycles. The molecule has 1 aromatic rings. The van der Waals surface area contributed by atoms with E-state index in [1.807, 2.05) is 30.3 Å². The van der Waals surface area contributed by atoms with Crippen molar-refractivity contribution in [2.75, 3.05) is 6.61 Å². The number of para-hydroxylation sites is 1. The van der Waals surface area contributed by atoms with Crippen molar-refractivity contribution in [3.8, 4) is 5.75 Å². The number of hydrogen-bond donors (Lipinski definition) is 0. The molecule has 59 valence electrons. The van der Waals surface area contributed by atoms with Crippen molar-refractivity contribution < 1.29 is 48.8 Å². The molecule has 12 heavy (non-hydrogen) atoms. The van der Waals surface area contributed by atoms with Crippen molar-refractivity contribution in [1.82, 2.24) is 0 Å². The fraction of sp³-hybridized carbons (Fsp3) is 0.111. The maximum absolute atomic E-state index is 5.34. The summed E-state index contributed by atoms with van der Waals surface area (Å²) in [7, 11) is 0. The smallest absolute Gasteiger partial charge is 0.126 e. The van der Waals surface area contributed by atoms with Gasteiger partial charge in [-0.15, -0.1) is 0 Å². The molecule has 3 heteroatoms. The Morgan fingerprint density at radius 2 is 1.92 bits per heavy atom. The Kier molecular flexibility index (Phi) is 5.89. The predicted octanol–water partition coefficient (Wildman–Crippen LogP) is 2.09. The average Bonchev–Trinajstić information content (AvgIpc) is 2.05. The van der Waals surface area contributed by atoms with Crippen LogP contribution in [0.25, 0.3) is 6.08 Å². The summed E-state index contributed by atoms with van der Waals surface area (Å²) in [4.78, 5) is 0. The third kappa shape index (κ3) is 2.61. The van der Waals surface area contributed by atoms with Crippen molar-refractivity contribution in [3.05, 3.63) is 35.9 Å². The molecule has 1 nitrogen and oxygen atoms in total. The molecule has 2 rings (SSSR count). The standard InChI is InChI=1S/C9H8O.Nb.Ti/c1-2-6-9-8(4-1)5-3-7-10-9;;/h1-6H,7H2;;. The van der Waals surface area contributed by atoms with Gasteiger partial charge in [-0.3, -0.25) is 0 Å². The maximum Gasteiger partial charge on any atom is 0.126 e. The first-order chi connectivity index (χ1) is 4.97. The molecule has 1 aliphatic rings. The molecule has 0 unspecified atom stereocenters. The van der Waals surface area contributed by atoms with Gasteiger partial charge >= 0.3 is 0 Å². The summed E-state index contributed by atoms with van der Waals surface area (Å²) in [5.41, 5.74) is 1.17. The molecule has 0 saturated heterocycles. The summed E-state index contributed by atoms with van der Waals surface area (Å²) in [6.07, 6.45) is 4.10. The van der Waals surface area contributed by atoms with E-state index in [1.165, 1.54) is 5.56 Å². The summed E-state index contributed by atoms with van der Waals surface area (Å²) < 4.78 is 5.34. The summed E-state index contributed by atoms with van der Waals surface area (Å²) in [6, 6.07) is 8.03. The van der Waals surface area contributed by atoms with Crippen LogP contribution in [-0.2, 0) is 44.1 Å². The Labute approximate surface area is 103 Å². The quantitative estimate of drug-likeness (QED) is 0.658. The van der Waals surface area contributed by atoms with Crippen LogP contribution in [0.5, 0.6) is 5.75 Å². The minimum atomic E-state index is 0. The van der Waals surface area contributed by atoms with Crippen LogP contribution in [0.4, 0.5) is 0 Å². The summed E-state index contributed by atoms with van der Waals surface area (Å²) in [6.45, 7) is 0.705. The van der Waals surface area contributed by atoms with E-state index in [-0.39, 0.29) is 44.1 Å². The van der Waals surface area contributed by atoms with Crippen LogP contribution >= 0.6 is 0 Å². The van der Waals surface area contributed by atoms with Gasteiger partial charge in [0.25, 0.3) is 0 Å². The molecule has 1 radical (unpaired) electrons. The van der Waals surface area contributed by atoms with Crippen LogP contribution in [0, 0.1) is 0 Å². The maximum atomic E-state index is 5.34. The van der Waals surface area contributed by atoms with E-state index >= 15 is 0 Å². The number of benzene rings is 1. The first-order valence-corrected chi connectivity index (χ1v) is 3.35. The van der Waals surface area contributed by atoms with Crippen LogP contribution in [0.3, 0.4) is 0 Å². The number of ether oxygens (including phenoxy) is 1. The zero-order valence-electron chi connectivity index (χ0n) is 6.53. The summed E-state index contributed by atoms with van der Waals surface area (Å²) in [5.74, 6) is 0.991. The molecule has 0 atom stereocenters. The van der Waals surface area contributed by atoms with Crippen molar-refractivity contribution in [1.29, 1.82) is 0 Å². The van der Waals surface area contributed by atoms with Gasteiger partial charge in [0.05, 0.1) is 0 Å². The molecular formula is C9H8NbOTi. The molecule has 0 bridgehead atoms. The second-order valence-corrected chi connectivity index (χ2v) is 2.25. The predicted molar refractivity (Wildman–Crippen MR) is 41.0 cm³/mol. The minimum absolute atomic E-state index is 0. The van der Waals surface area contributed by atoms with Crippen molar-refractivity contribution in [3.63, 3.8) is 0 Å². The first-order valence-electron chi connectivity index (χ1n) is 3.35. The first kappa shape index (κ1) is 12.2. The molecule has 0 saturated carbocycles. The van der Waals surface area contributed by atoms with Gasteiger partial charge < -0.3 is 4.74 Å².